The second-order valence-corrected chi connectivity index (χ2v) is 3.92. The monoisotopic (exact) mass is 245 g/mol. The third kappa shape index (κ3) is 3.76. The van der Waals surface area contributed by atoms with Crippen LogP contribution in [0.15, 0.2) is 24.3 Å². The van der Waals surface area contributed by atoms with Crippen LogP contribution in [0.4, 0.5) is 13.2 Å². The Hall–Kier alpha value is -1.52. The van der Waals surface area contributed by atoms with Gasteiger partial charge in [0.15, 0.2) is 0 Å². The zero-order valence-corrected chi connectivity index (χ0v) is 9.64. The first-order chi connectivity index (χ1) is 7.84. The van der Waals surface area contributed by atoms with E-state index in [0.717, 1.165) is 12.1 Å². The molecule has 17 heavy (non-hydrogen) atoms. The average molecular weight is 245 g/mol. The maximum atomic E-state index is 12.5. The van der Waals surface area contributed by atoms with Crippen LogP contribution in [0.1, 0.15) is 18.1 Å². The Morgan fingerprint density at radius 3 is 2.59 bits per heavy atom. The molecule has 1 aromatic rings. The maximum Gasteiger partial charge on any atom is 0.416 e. The van der Waals surface area contributed by atoms with Gasteiger partial charge in [0.1, 0.15) is 0 Å². The fraction of sp³-hybridized carbons (Fsp3) is 0.417. The largest absolute Gasteiger partial charge is 0.416 e. The molecular weight excluding hydrogens is 231 g/mol. The van der Waals surface area contributed by atoms with Gasteiger partial charge < -0.3 is 5.32 Å². The highest BCUT2D eigenvalue weighted by molar-refractivity contribution is 5.78. The van der Waals surface area contributed by atoms with Crippen molar-refractivity contribution >= 4 is 5.91 Å². The number of hydrogen-bond acceptors (Lipinski definition) is 1. The van der Waals surface area contributed by atoms with Crippen LogP contribution in [0.5, 0.6) is 0 Å². The van der Waals surface area contributed by atoms with Crippen molar-refractivity contribution < 1.29 is 18.0 Å². The van der Waals surface area contributed by atoms with Crippen LogP contribution >= 0.6 is 0 Å². The van der Waals surface area contributed by atoms with Gasteiger partial charge in [-0.05, 0) is 18.1 Å². The zero-order valence-electron chi connectivity index (χ0n) is 9.64. The number of hydrogen-bond donors (Lipinski definition) is 1. The van der Waals surface area contributed by atoms with Crippen molar-refractivity contribution in [2.75, 3.05) is 7.05 Å². The lowest BCUT2D eigenvalue weighted by Crippen LogP contribution is -2.26. The topological polar surface area (TPSA) is 29.1 Å². The highest BCUT2D eigenvalue weighted by Crippen LogP contribution is 2.29. The summed E-state index contributed by atoms with van der Waals surface area (Å²) in [7, 11) is 1.50. The molecule has 0 aromatic heterocycles. The van der Waals surface area contributed by atoms with Gasteiger partial charge in [0.25, 0.3) is 0 Å². The molecule has 1 atom stereocenters. The fourth-order valence-corrected chi connectivity index (χ4v) is 1.57. The molecule has 0 saturated heterocycles. The molecule has 1 amide bonds. The van der Waals surface area contributed by atoms with Crippen LogP contribution in [0.2, 0.25) is 0 Å². The molecule has 94 valence electrons. The second kappa shape index (κ2) is 5.21. The number of amides is 1. The predicted molar refractivity (Wildman–Crippen MR) is 58.4 cm³/mol. The van der Waals surface area contributed by atoms with Crippen LogP contribution in [0.25, 0.3) is 0 Å². The molecule has 1 rings (SSSR count). The summed E-state index contributed by atoms with van der Waals surface area (Å²) < 4.78 is 37.4. The van der Waals surface area contributed by atoms with Crippen molar-refractivity contribution in [3.8, 4) is 0 Å². The van der Waals surface area contributed by atoms with E-state index in [-0.39, 0.29) is 11.8 Å². The van der Waals surface area contributed by atoms with Crippen molar-refractivity contribution in [2.45, 2.75) is 19.5 Å². The molecule has 0 spiro atoms. The summed E-state index contributed by atoms with van der Waals surface area (Å²) in [5.74, 6) is -0.522. The molecule has 2 nitrogen and oxygen atoms in total. The third-order valence-electron chi connectivity index (χ3n) is 2.49. The van der Waals surface area contributed by atoms with Gasteiger partial charge in [0.05, 0.1) is 5.56 Å². The lowest BCUT2D eigenvalue weighted by molar-refractivity contribution is -0.137. The Balaban J connectivity index is 2.83. The van der Waals surface area contributed by atoms with E-state index in [1.165, 1.54) is 13.1 Å². The molecule has 0 radical (unpaired) electrons. The minimum Gasteiger partial charge on any atom is -0.359 e. The van der Waals surface area contributed by atoms with Gasteiger partial charge >= 0.3 is 6.18 Å². The van der Waals surface area contributed by atoms with E-state index in [0.29, 0.717) is 12.0 Å². The zero-order chi connectivity index (χ0) is 13.1. The Morgan fingerprint density at radius 1 is 1.41 bits per heavy atom. The third-order valence-corrected chi connectivity index (χ3v) is 2.49. The second-order valence-electron chi connectivity index (χ2n) is 3.92. The lowest BCUT2D eigenvalue weighted by atomic mass is 9.99. The van der Waals surface area contributed by atoms with Crippen LogP contribution in [0, 0.1) is 5.92 Å². The minimum atomic E-state index is -4.34. The predicted octanol–water partition coefficient (Wildman–Crippen LogP) is 2.63. The van der Waals surface area contributed by atoms with Crippen molar-refractivity contribution in [1.29, 1.82) is 0 Å². The molecule has 1 unspecified atom stereocenters. The molecular formula is C12H14F3NO. The van der Waals surface area contributed by atoms with E-state index in [1.54, 1.807) is 13.0 Å². The molecule has 0 fully saturated rings. The summed E-state index contributed by atoms with van der Waals surface area (Å²) in [6.45, 7) is 1.68. The summed E-state index contributed by atoms with van der Waals surface area (Å²) in [5.41, 5.74) is -0.171. The molecule has 0 aliphatic carbocycles. The van der Waals surface area contributed by atoms with Gasteiger partial charge in [-0.15, -0.1) is 0 Å². The van der Waals surface area contributed by atoms with E-state index < -0.39 is 11.7 Å². The Labute approximate surface area is 97.8 Å². The Morgan fingerprint density at radius 2 is 2.06 bits per heavy atom. The van der Waals surface area contributed by atoms with Gasteiger partial charge in [-0.2, -0.15) is 13.2 Å². The first-order valence-corrected chi connectivity index (χ1v) is 5.22. The highest BCUT2D eigenvalue weighted by atomic mass is 19.4. The number of carbonyl (C=O) groups excluding carboxylic acids is 1. The quantitative estimate of drug-likeness (QED) is 0.871. The van der Waals surface area contributed by atoms with Gasteiger partial charge in [-0.25, -0.2) is 0 Å². The Kier molecular flexibility index (Phi) is 4.15. The first-order valence-electron chi connectivity index (χ1n) is 5.22. The molecule has 1 N–H and O–H groups in total. The number of nitrogens with one attached hydrogen (secondary N) is 1. The van der Waals surface area contributed by atoms with Crippen molar-refractivity contribution in [1.82, 2.24) is 5.32 Å². The number of halogens is 3. The summed E-state index contributed by atoms with van der Waals surface area (Å²) in [6.07, 6.45) is -4.05. The van der Waals surface area contributed by atoms with Gasteiger partial charge in [0, 0.05) is 13.0 Å². The van der Waals surface area contributed by atoms with Crippen LogP contribution in [0.3, 0.4) is 0 Å². The van der Waals surface area contributed by atoms with E-state index >= 15 is 0 Å². The maximum absolute atomic E-state index is 12.5. The number of benzene rings is 1. The SMILES string of the molecule is CNC(=O)C(C)Cc1cccc(C(F)(F)F)c1. The molecule has 0 aliphatic rings. The van der Waals surface area contributed by atoms with E-state index in [1.807, 2.05) is 0 Å². The highest BCUT2D eigenvalue weighted by Gasteiger charge is 2.30. The van der Waals surface area contributed by atoms with Crippen LogP contribution in [-0.4, -0.2) is 13.0 Å². The molecule has 0 bridgehead atoms. The lowest BCUT2D eigenvalue weighted by Gasteiger charge is -2.12. The molecule has 0 heterocycles. The molecule has 5 heteroatoms. The van der Waals surface area contributed by atoms with Gasteiger partial charge in [-0.3, -0.25) is 4.79 Å². The first kappa shape index (κ1) is 13.5. The van der Waals surface area contributed by atoms with Crippen molar-refractivity contribution in [3.05, 3.63) is 35.4 Å². The van der Waals surface area contributed by atoms with E-state index in [4.69, 9.17) is 0 Å². The van der Waals surface area contributed by atoms with Crippen molar-refractivity contribution in [3.63, 3.8) is 0 Å². The van der Waals surface area contributed by atoms with Crippen LogP contribution in [-0.2, 0) is 17.4 Å². The summed E-state index contributed by atoms with van der Waals surface area (Å²) in [5, 5.41) is 2.47. The normalized spacial score (nSPS) is 13.2. The van der Waals surface area contributed by atoms with Crippen molar-refractivity contribution in [2.24, 2.45) is 5.92 Å². The fourth-order valence-electron chi connectivity index (χ4n) is 1.57. The molecule has 0 aliphatic heterocycles. The van der Waals surface area contributed by atoms with Gasteiger partial charge in [-0.1, -0.05) is 25.1 Å². The van der Waals surface area contributed by atoms with Gasteiger partial charge in [0.2, 0.25) is 5.91 Å². The van der Waals surface area contributed by atoms with E-state index in [9.17, 15) is 18.0 Å². The van der Waals surface area contributed by atoms with E-state index in [2.05, 4.69) is 5.32 Å². The smallest absolute Gasteiger partial charge is 0.359 e. The average Bonchev–Trinajstić information content (AvgIpc) is 2.27. The number of rotatable bonds is 3. The summed E-state index contributed by atoms with van der Waals surface area (Å²) >= 11 is 0. The summed E-state index contributed by atoms with van der Waals surface area (Å²) in [4.78, 5) is 11.3. The number of alkyl halides is 3. The molecule has 1 aromatic carbocycles. The molecule has 0 saturated carbocycles. The summed E-state index contributed by atoms with van der Waals surface area (Å²) in [6, 6.07) is 5.05. The van der Waals surface area contributed by atoms with Crippen LogP contribution < -0.4 is 5.32 Å². The standard InChI is InChI=1S/C12H14F3NO/c1-8(11(17)16-2)6-9-4-3-5-10(7-9)12(13,14)15/h3-5,7-8H,6H2,1-2H3,(H,16,17). The minimum absolute atomic E-state index is 0.178. The number of carbonyl (C=O) groups is 1. The Bertz CT molecular complexity index is 401.